The number of benzene rings is 1. The fraction of sp³-hybridized carbons (Fsp3) is 0.565. The van der Waals surface area contributed by atoms with Gasteiger partial charge in [-0.3, -0.25) is 9.69 Å². The van der Waals surface area contributed by atoms with E-state index in [0.717, 1.165) is 37.5 Å². The summed E-state index contributed by atoms with van der Waals surface area (Å²) in [4.78, 5) is 21.2. The monoisotopic (exact) mass is 383 g/mol. The first-order valence-corrected chi connectivity index (χ1v) is 10.8. The quantitative estimate of drug-likeness (QED) is 0.612. The highest BCUT2D eigenvalue weighted by atomic mass is 16.5. The van der Waals surface area contributed by atoms with E-state index < -0.39 is 0 Å². The number of hydrogen-bond acceptors (Lipinski definition) is 4. The third kappa shape index (κ3) is 4.75. The van der Waals surface area contributed by atoms with Crippen LogP contribution in [0.15, 0.2) is 35.0 Å². The molecule has 0 atom stereocenters. The van der Waals surface area contributed by atoms with Gasteiger partial charge in [-0.25, -0.2) is 4.99 Å². The molecule has 28 heavy (non-hydrogen) atoms. The fourth-order valence-electron chi connectivity index (χ4n) is 4.07. The van der Waals surface area contributed by atoms with E-state index in [4.69, 9.17) is 4.74 Å². The number of likely N-dealkylation sites (N-methyl/N-ethyl adjacent to an activating group) is 1. The lowest BCUT2D eigenvalue weighted by Gasteiger charge is -2.20. The smallest absolute Gasteiger partial charge is 0.300 e. The van der Waals surface area contributed by atoms with Crippen molar-refractivity contribution in [3.8, 4) is 0 Å². The Morgan fingerprint density at radius 2 is 1.82 bits per heavy atom. The first-order valence-electron chi connectivity index (χ1n) is 10.8. The maximum absolute atomic E-state index is 12.7. The summed E-state index contributed by atoms with van der Waals surface area (Å²) < 4.78 is 5.84. The Kier molecular flexibility index (Phi) is 7.12. The number of carbonyl (C=O) groups is 1. The van der Waals surface area contributed by atoms with Gasteiger partial charge in [0.25, 0.3) is 11.9 Å². The average molecular weight is 384 g/mol. The number of anilines is 1. The zero-order valence-corrected chi connectivity index (χ0v) is 17.5. The molecule has 1 saturated carbocycles. The topological polar surface area (TPSA) is 45.1 Å². The summed E-state index contributed by atoms with van der Waals surface area (Å²) in [6, 6.07) is 8.70. The molecule has 2 aliphatic rings. The van der Waals surface area contributed by atoms with E-state index in [2.05, 4.69) is 35.9 Å². The van der Waals surface area contributed by atoms with E-state index in [1.165, 1.54) is 31.4 Å². The molecule has 1 aliphatic carbocycles. The zero-order valence-electron chi connectivity index (χ0n) is 17.5. The van der Waals surface area contributed by atoms with Gasteiger partial charge < -0.3 is 9.64 Å². The Bertz CT molecular complexity index is 714. The lowest BCUT2D eigenvalue weighted by molar-refractivity contribution is -0.122. The van der Waals surface area contributed by atoms with E-state index in [-0.39, 0.29) is 5.91 Å². The highest BCUT2D eigenvalue weighted by molar-refractivity contribution is 6.11. The van der Waals surface area contributed by atoms with Crippen molar-refractivity contribution >= 4 is 23.7 Å². The molecule has 1 saturated heterocycles. The predicted octanol–water partition coefficient (Wildman–Crippen LogP) is 4.69. The number of aliphatic imine (C=N–C) groups is 1. The second kappa shape index (κ2) is 9.76. The standard InChI is InChI=1S/C23H33N3O2/c1-4-25(5-2)20-13-11-19(12-14-20)17-21-22(27)26(6-3)23(28-21)24-16-15-18-9-7-8-10-18/h11-14,17-18H,4-10,15-16H2,1-3H3/b21-17+,24-23?. The number of amidine groups is 1. The molecule has 2 fully saturated rings. The summed E-state index contributed by atoms with van der Waals surface area (Å²) >= 11 is 0. The molecule has 0 aromatic heterocycles. The molecule has 3 rings (SSSR count). The van der Waals surface area contributed by atoms with Gasteiger partial charge in [-0.05, 0) is 56.9 Å². The van der Waals surface area contributed by atoms with Gasteiger partial charge in [-0.1, -0.05) is 37.8 Å². The summed E-state index contributed by atoms with van der Waals surface area (Å²) in [5.41, 5.74) is 2.15. The van der Waals surface area contributed by atoms with Crippen LogP contribution < -0.4 is 4.90 Å². The largest absolute Gasteiger partial charge is 0.420 e. The molecular formula is C23H33N3O2. The molecule has 0 radical (unpaired) electrons. The lowest BCUT2D eigenvalue weighted by atomic mass is 10.0. The molecule has 0 N–H and O–H groups in total. The van der Waals surface area contributed by atoms with Crippen LogP contribution in [0.25, 0.3) is 6.08 Å². The molecule has 0 bridgehead atoms. The second-order valence-corrected chi connectivity index (χ2v) is 7.53. The van der Waals surface area contributed by atoms with E-state index in [0.29, 0.717) is 18.3 Å². The van der Waals surface area contributed by atoms with Crippen LogP contribution in [0.5, 0.6) is 0 Å². The summed E-state index contributed by atoms with van der Waals surface area (Å²) in [6.07, 6.45) is 8.23. The number of nitrogens with zero attached hydrogens (tertiary/aromatic N) is 3. The number of rotatable bonds is 8. The molecule has 5 nitrogen and oxygen atoms in total. The van der Waals surface area contributed by atoms with Crippen LogP contribution in [-0.4, -0.2) is 43.0 Å². The van der Waals surface area contributed by atoms with Gasteiger partial charge in [0.05, 0.1) is 0 Å². The first kappa shape index (κ1) is 20.4. The van der Waals surface area contributed by atoms with Gasteiger partial charge in [-0.15, -0.1) is 0 Å². The highest BCUT2D eigenvalue weighted by Gasteiger charge is 2.33. The number of hydrogen-bond donors (Lipinski definition) is 0. The minimum atomic E-state index is -0.102. The molecule has 5 heteroatoms. The number of ether oxygens (including phenoxy) is 1. The fourth-order valence-corrected chi connectivity index (χ4v) is 4.07. The Hall–Kier alpha value is -2.30. The van der Waals surface area contributed by atoms with Crippen molar-refractivity contribution in [2.75, 3.05) is 31.1 Å². The lowest BCUT2D eigenvalue weighted by Crippen LogP contribution is -2.29. The Balaban J connectivity index is 1.68. The van der Waals surface area contributed by atoms with Gasteiger partial charge >= 0.3 is 0 Å². The third-order valence-corrected chi connectivity index (χ3v) is 5.78. The highest BCUT2D eigenvalue weighted by Crippen LogP contribution is 2.28. The van der Waals surface area contributed by atoms with E-state index in [9.17, 15) is 4.79 Å². The Labute approximate surface area is 169 Å². The van der Waals surface area contributed by atoms with Crippen molar-refractivity contribution in [2.24, 2.45) is 10.9 Å². The van der Waals surface area contributed by atoms with E-state index in [1.54, 1.807) is 4.90 Å². The van der Waals surface area contributed by atoms with Gasteiger partial charge in [-0.2, -0.15) is 0 Å². The minimum Gasteiger partial charge on any atom is -0.420 e. The molecule has 0 spiro atoms. The van der Waals surface area contributed by atoms with Gasteiger partial charge in [0.1, 0.15) is 0 Å². The summed E-state index contributed by atoms with van der Waals surface area (Å²) in [5, 5.41) is 0. The van der Waals surface area contributed by atoms with E-state index >= 15 is 0 Å². The minimum absolute atomic E-state index is 0.102. The maximum Gasteiger partial charge on any atom is 0.300 e. The van der Waals surface area contributed by atoms with Gasteiger partial charge in [0.15, 0.2) is 5.76 Å². The van der Waals surface area contributed by atoms with Crippen LogP contribution in [-0.2, 0) is 9.53 Å². The van der Waals surface area contributed by atoms with Crippen molar-refractivity contribution in [1.82, 2.24) is 4.90 Å². The van der Waals surface area contributed by atoms with Crippen LogP contribution in [0, 0.1) is 5.92 Å². The summed E-state index contributed by atoms with van der Waals surface area (Å²) in [6.45, 7) is 9.51. The molecule has 1 aliphatic heterocycles. The SMILES string of the molecule is CCN1C(=O)/C(=C\c2ccc(N(CC)CC)cc2)OC1=NCCC1CCCC1. The number of amides is 1. The molecule has 152 valence electrons. The van der Waals surface area contributed by atoms with Crippen molar-refractivity contribution in [3.63, 3.8) is 0 Å². The van der Waals surface area contributed by atoms with Crippen LogP contribution in [0.2, 0.25) is 0 Å². The molecule has 0 unspecified atom stereocenters. The molecule has 1 amide bonds. The molecule has 1 aromatic carbocycles. The third-order valence-electron chi connectivity index (χ3n) is 5.78. The molecular weight excluding hydrogens is 350 g/mol. The van der Waals surface area contributed by atoms with Crippen molar-refractivity contribution in [1.29, 1.82) is 0 Å². The molecule has 1 aromatic rings. The van der Waals surface area contributed by atoms with E-state index in [1.807, 2.05) is 25.1 Å². The second-order valence-electron chi connectivity index (χ2n) is 7.53. The van der Waals surface area contributed by atoms with Crippen LogP contribution in [0.4, 0.5) is 5.69 Å². The number of carbonyl (C=O) groups excluding carboxylic acids is 1. The van der Waals surface area contributed by atoms with Crippen molar-refractivity contribution in [3.05, 3.63) is 35.6 Å². The Morgan fingerprint density at radius 3 is 2.43 bits per heavy atom. The predicted molar refractivity (Wildman–Crippen MR) is 115 cm³/mol. The van der Waals surface area contributed by atoms with Crippen molar-refractivity contribution in [2.45, 2.75) is 52.9 Å². The van der Waals surface area contributed by atoms with Crippen LogP contribution >= 0.6 is 0 Å². The zero-order chi connectivity index (χ0) is 19.9. The van der Waals surface area contributed by atoms with Gasteiger partial charge in [0, 0.05) is 31.9 Å². The van der Waals surface area contributed by atoms with Crippen LogP contribution in [0.1, 0.15) is 58.4 Å². The average Bonchev–Trinajstić information content (AvgIpc) is 3.32. The van der Waals surface area contributed by atoms with Crippen LogP contribution in [0.3, 0.4) is 0 Å². The van der Waals surface area contributed by atoms with Crippen molar-refractivity contribution < 1.29 is 9.53 Å². The first-order chi connectivity index (χ1) is 13.7. The normalized spacial score (nSPS) is 20.4. The summed E-state index contributed by atoms with van der Waals surface area (Å²) in [7, 11) is 0. The summed E-state index contributed by atoms with van der Waals surface area (Å²) in [5.74, 6) is 1.04. The maximum atomic E-state index is 12.7. The van der Waals surface area contributed by atoms with Gasteiger partial charge in [0.2, 0.25) is 0 Å². The molecule has 1 heterocycles. The Morgan fingerprint density at radius 1 is 1.14 bits per heavy atom.